The van der Waals surface area contributed by atoms with Gasteiger partial charge in [0, 0.05) is 0 Å². The SMILES string of the molecule is CC(C)C1CCC2C3CCC4=CCCCC4(C)C3C(C)CC12C. The predicted octanol–water partition coefficient (Wildman–Crippen LogP) is 6.86. The molecule has 0 spiro atoms. The van der Waals surface area contributed by atoms with Gasteiger partial charge >= 0.3 is 0 Å². The van der Waals surface area contributed by atoms with E-state index in [9.17, 15) is 0 Å². The molecule has 0 aromatic heterocycles. The first-order chi connectivity index (χ1) is 10.9. The molecular formula is C23H38. The Bertz CT molecular complexity index is 500. The second-order valence-corrected chi connectivity index (χ2v) is 10.5. The van der Waals surface area contributed by atoms with E-state index < -0.39 is 0 Å². The highest BCUT2D eigenvalue weighted by molar-refractivity contribution is 5.24. The van der Waals surface area contributed by atoms with Gasteiger partial charge in [0.15, 0.2) is 0 Å². The van der Waals surface area contributed by atoms with Crippen molar-refractivity contribution in [1.82, 2.24) is 0 Å². The van der Waals surface area contributed by atoms with Gasteiger partial charge in [-0.15, -0.1) is 0 Å². The normalized spacial score (nSPS) is 52.6. The van der Waals surface area contributed by atoms with Gasteiger partial charge in [0.1, 0.15) is 0 Å². The fourth-order valence-corrected chi connectivity index (χ4v) is 8.60. The van der Waals surface area contributed by atoms with Crippen molar-refractivity contribution in [1.29, 1.82) is 0 Å². The lowest BCUT2D eigenvalue weighted by Gasteiger charge is -2.61. The largest absolute Gasteiger partial charge is 0.0848 e. The van der Waals surface area contributed by atoms with E-state index in [1.54, 1.807) is 0 Å². The fourth-order valence-electron chi connectivity index (χ4n) is 8.60. The van der Waals surface area contributed by atoms with Crippen molar-refractivity contribution in [2.45, 2.75) is 86.0 Å². The molecule has 0 heterocycles. The van der Waals surface area contributed by atoms with Crippen molar-refractivity contribution in [3.05, 3.63) is 11.6 Å². The summed E-state index contributed by atoms with van der Waals surface area (Å²) in [5.41, 5.74) is 3.05. The first kappa shape index (κ1) is 16.2. The first-order valence-corrected chi connectivity index (χ1v) is 10.6. The highest BCUT2D eigenvalue weighted by atomic mass is 14.7. The molecule has 0 heteroatoms. The van der Waals surface area contributed by atoms with Crippen molar-refractivity contribution >= 4 is 0 Å². The third-order valence-corrected chi connectivity index (χ3v) is 9.15. The van der Waals surface area contributed by atoms with Gasteiger partial charge < -0.3 is 0 Å². The van der Waals surface area contributed by atoms with Crippen LogP contribution in [-0.2, 0) is 0 Å². The Labute approximate surface area is 144 Å². The molecular weight excluding hydrogens is 276 g/mol. The molecule has 130 valence electrons. The van der Waals surface area contributed by atoms with Gasteiger partial charge in [0.05, 0.1) is 0 Å². The van der Waals surface area contributed by atoms with Crippen LogP contribution in [0.15, 0.2) is 11.6 Å². The lowest BCUT2D eigenvalue weighted by atomic mass is 9.44. The van der Waals surface area contributed by atoms with E-state index in [1.165, 1.54) is 51.4 Å². The van der Waals surface area contributed by atoms with Crippen LogP contribution in [0.2, 0.25) is 0 Å². The summed E-state index contributed by atoms with van der Waals surface area (Å²) in [6.45, 7) is 12.9. The Morgan fingerprint density at radius 2 is 1.91 bits per heavy atom. The van der Waals surface area contributed by atoms with Crippen LogP contribution in [0.25, 0.3) is 0 Å². The lowest BCUT2D eigenvalue weighted by molar-refractivity contribution is -0.0905. The Kier molecular flexibility index (Phi) is 3.79. The molecule has 4 rings (SSSR count). The average molecular weight is 315 g/mol. The van der Waals surface area contributed by atoms with Crippen LogP contribution in [0.3, 0.4) is 0 Å². The minimum absolute atomic E-state index is 0.553. The maximum Gasteiger partial charge on any atom is -0.00828 e. The zero-order valence-corrected chi connectivity index (χ0v) is 16.2. The molecule has 0 bridgehead atoms. The van der Waals surface area contributed by atoms with Gasteiger partial charge in [-0.05, 0) is 97.7 Å². The summed E-state index contributed by atoms with van der Waals surface area (Å²) >= 11 is 0. The van der Waals surface area contributed by atoms with Gasteiger partial charge in [-0.2, -0.15) is 0 Å². The van der Waals surface area contributed by atoms with Crippen molar-refractivity contribution in [3.63, 3.8) is 0 Å². The summed E-state index contributed by atoms with van der Waals surface area (Å²) in [6, 6.07) is 0. The summed E-state index contributed by atoms with van der Waals surface area (Å²) in [5, 5.41) is 0. The Morgan fingerprint density at radius 1 is 1.13 bits per heavy atom. The number of allylic oxidation sites excluding steroid dienone is 2. The molecule has 0 N–H and O–H groups in total. The molecule has 0 nitrogen and oxygen atoms in total. The second-order valence-electron chi connectivity index (χ2n) is 10.5. The molecule has 0 aliphatic heterocycles. The second kappa shape index (κ2) is 5.37. The van der Waals surface area contributed by atoms with Crippen LogP contribution in [0.5, 0.6) is 0 Å². The molecule has 0 aromatic carbocycles. The number of hydrogen-bond acceptors (Lipinski definition) is 0. The molecule has 23 heavy (non-hydrogen) atoms. The fraction of sp³-hybridized carbons (Fsp3) is 0.913. The molecule has 7 unspecified atom stereocenters. The quantitative estimate of drug-likeness (QED) is 0.464. The Balaban J connectivity index is 1.71. The zero-order valence-electron chi connectivity index (χ0n) is 16.2. The number of rotatable bonds is 1. The monoisotopic (exact) mass is 314 g/mol. The van der Waals surface area contributed by atoms with Crippen LogP contribution < -0.4 is 0 Å². The van der Waals surface area contributed by atoms with E-state index >= 15 is 0 Å². The Morgan fingerprint density at radius 3 is 2.65 bits per heavy atom. The van der Waals surface area contributed by atoms with E-state index in [1.807, 2.05) is 5.57 Å². The molecule has 0 aromatic rings. The number of hydrogen-bond donors (Lipinski definition) is 0. The highest BCUT2D eigenvalue weighted by Gasteiger charge is 2.60. The van der Waals surface area contributed by atoms with Gasteiger partial charge in [-0.1, -0.05) is 46.3 Å². The third-order valence-electron chi connectivity index (χ3n) is 9.15. The van der Waals surface area contributed by atoms with Crippen molar-refractivity contribution < 1.29 is 0 Å². The molecule has 0 radical (unpaired) electrons. The predicted molar refractivity (Wildman–Crippen MR) is 99.2 cm³/mol. The highest BCUT2D eigenvalue weighted by Crippen LogP contribution is 2.68. The van der Waals surface area contributed by atoms with Crippen molar-refractivity contribution in [2.24, 2.45) is 46.3 Å². The molecule has 4 aliphatic carbocycles. The van der Waals surface area contributed by atoms with Crippen molar-refractivity contribution in [2.75, 3.05) is 0 Å². The number of fused-ring (bicyclic) bond motifs is 5. The summed E-state index contributed by atoms with van der Waals surface area (Å²) in [6.07, 6.45) is 14.4. The summed E-state index contributed by atoms with van der Waals surface area (Å²) in [4.78, 5) is 0. The molecule has 3 saturated carbocycles. The molecule has 4 aliphatic rings. The lowest BCUT2D eigenvalue weighted by Crippen LogP contribution is -2.53. The van der Waals surface area contributed by atoms with E-state index in [-0.39, 0.29) is 0 Å². The molecule has 0 amide bonds. The molecule has 7 atom stereocenters. The minimum atomic E-state index is 0.553. The first-order valence-electron chi connectivity index (χ1n) is 10.6. The molecule has 0 saturated heterocycles. The van der Waals surface area contributed by atoms with Gasteiger partial charge in [-0.3, -0.25) is 0 Å². The van der Waals surface area contributed by atoms with E-state index in [0.29, 0.717) is 10.8 Å². The molecule has 3 fully saturated rings. The summed E-state index contributed by atoms with van der Waals surface area (Å²) in [7, 11) is 0. The van der Waals surface area contributed by atoms with E-state index in [2.05, 4.69) is 40.7 Å². The third kappa shape index (κ3) is 2.15. The van der Waals surface area contributed by atoms with Crippen LogP contribution in [0.1, 0.15) is 86.0 Å². The smallest absolute Gasteiger partial charge is 0.00828 e. The van der Waals surface area contributed by atoms with Crippen LogP contribution in [0.4, 0.5) is 0 Å². The summed E-state index contributed by atoms with van der Waals surface area (Å²) < 4.78 is 0. The average Bonchev–Trinajstić information content (AvgIpc) is 2.82. The van der Waals surface area contributed by atoms with Gasteiger partial charge in [0.2, 0.25) is 0 Å². The standard InChI is InChI=1S/C23H38/c1-15(2)19-11-12-20-18-10-9-17-8-6-7-13-22(17,4)21(18)16(3)14-23(19,20)5/h8,15-16,18-21H,6-7,9-14H2,1-5H3. The minimum Gasteiger partial charge on any atom is -0.0848 e. The van der Waals surface area contributed by atoms with Crippen LogP contribution in [-0.4, -0.2) is 0 Å². The van der Waals surface area contributed by atoms with Crippen LogP contribution in [0, 0.1) is 46.3 Å². The maximum atomic E-state index is 2.69. The zero-order chi connectivity index (χ0) is 16.4. The maximum absolute atomic E-state index is 2.69. The van der Waals surface area contributed by atoms with Crippen LogP contribution >= 0.6 is 0 Å². The Hall–Kier alpha value is -0.260. The summed E-state index contributed by atoms with van der Waals surface area (Å²) in [5.74, 6) is 5.80. The van der Waals surface area contributed by atoms with Crippen molar-refractivity contribution in [3.8, 4) is 0 Å². The van der Waals surface area contributed by atoms with Gasteiger partial charge in [0.25, 0.3) is 0 Å². The van der Waals surface area contributed by atoms with Gasteiger partial charge in [-0.25, -0.2) is 0 Å². The van der Waals surface area contributed by atoms with E-state index in [0.717, 1.165) is 35.5 Å². The topological polar surface area (TPSA) is 0 Å². The van der Waals surface area contributed by atoms with E-state index in [4.69, 9.17) is 0 Å².